The number of amides is 1. The minimum absolute atomic E-state index is 0.0263. The monoisotopic (exact) mass is 381 g/mol. The number of pyridine rings is 1. The third-order valence-electron chi connectivity index (χ3n) is 4.67. The highest BCUT2D eigenvalue weighted by molar-refractivity contribution is 5.92. The predicted octanol–water partition coefficient (Wildman–Crippen LogP) is 2.12. The van der Waals surface area contributed by atoms with E-state index in [1.807, 2.05) is 17.9 Å². The third kappa shape index (κ3) is 3.38. The van der Waals surface area contributed by atoms with Gasteiger partial charge in [-0.3, -0.25) is 9.48 Å². The smallest absolute Gasteiger partial charge is 0.272 e. The normalized spacial score (nSPS) is 13.2. The van der Waals surface area contributed by atoms with Crippen molar-refractivity contribution in [3.63, 3.8) is 0 Å². The highest BCUT2D eigenvalue weighted by atomic mass is 19.1. The Balaban J connectivity index is 0.000000162. The van der Waals surface area contributed by atoms with Gasteiger partial charge in [0.05, 0.1) is 36.2 Å². The number of hydrogen-bond acceptors (Lipinski definition) is 4. The molecule has 28 heavy (non-hydrogen) atoms. The summed E-state index contributed by atoms with van der Waals surface area (Å²) in [5.74, 6) is -0.210. The standard InChI is InChI=1S/C12H15N5O.C7H5FN2/c1-8-5-11(16(2)15-8)12(18)17-4-3-9-10(6-17)14-7-13-9;8-6-2-1-5-10-7(6)3-4-9-10/h5,7H,3-4,6H2,1-2H3,(H,13,14);1-5H. The molecule has 9 heteroatoms. The van der Waals surface area contributed by atoms with Crippen molar-refractivity contribution < 1.29 is 9.18 Å². The van der Waals surface area contributed by atoms with E-state index < -0.39 is 0 Å². The average molecular weight is 381 g/mol. The van der Waals surface area contributed by atoms with Crippen molar-refractivity contribution in [2.45, 2.75) is 19.9 Å². The van der Waals surface area contributed by atoms with Crippen LogP contribution < -0.4 is 0 Å². The maximum absolute atomic E-state index is 12.8. The molecule has 0 spiro atoms. The quantitative estimate of drug-likeness (QED) is 0.547. The molecule has 4 aromatic heterocycles. The van der Waals surface area contributed by atoms with Gasteiger partial charge < -0.3 is 9.88 Å². The summed E-state index contributed by atoms with van der Waals surface area (Å²) in [5, 5.41) is 8.07. The summed E-state index contributed by atoms with van der Waals surface area (Å²) >= 11 is 0. The molecule has 1 amide bonds. The van der Waals surface area contributed by atoms with Gasteiger partial charge in [-0.25, -0.2) is 13.9 Å². The van der Waals surface area contributed by atoms with Crippen LogP contribution in [-0.2, 0) is 20.0 Å². The van der Waals surface area contributed by atoms with Crippen molar-refractivity contribution in [3.8, 4) is 0 Å². The van der Waals surface area contributed by atoms with Gasteiger partial charge in [-0.1, -0.05) is 0 Å². The summed E-state index contributed by atoms with van der Waals surface area (Å²) in [4.78, 5) is 21.5. The van der Waals surface area contributed by atoms with Crippen LogP contribution in [0.5, 0.6) is 0 Å². The number of aromatic amines is 1. The minimum atomic E-state index is -0.236. The van der Waals surface area contributed by atoms with Gasteiger partial charge in [-0.2, -0.15) is 10.2 Å². The Bertz CT molecular complexity index is 1130. The van der Waals surface area contributed by atoms with Gasteiger partial charge in [0, 0.05) is 26.2 Å². The molecule has 0 aliphatic carbocycles. The third-order valence-corrected chi connectivity index (χ3v) is 4.67. The van der Waals surface area contributed by atoms with Crippen molar-refractivity contribution in [2.24, 2.45) is 7.05 Å². The van der Waals surface area contributed by atoms with E-state index in [-0.39, 0.29) is 11.7 Å². The molecule has 1 aliphatic heterocycles. The first-order valence-electron chi connectivity index (χ1n) is 8.92. The molecule has 1 aliphatic rings. The molecule has 0 saturated carbocycles. The van der Waals surface area contributed by atoms with Crippen molar-refractivity contribution in [3.05, 3.63) is 71.6 Å². The van der Waals surface area contributed by atoms with Crippen LogP contribution in [0.1, 0.15) is 27.6 Å². The molecule has 8 nitrogen and oxygen atoms in total. The molecule has 0 bridgehead atoms. The molecule has 5 rings (SSSR count). The van der Waals surface area contributed by atoms with E-state index in [4.69, 9.17) is 0 Å². The molecule has 0 radical (unpaired) electrons. The number of H-pyrrole nitrogens is 1. The van der Waals surface area contributed by atoms with Crippen LogP contribution in [0.3, 0.4) is 0 Å². The van der Waals surface area contributed by atoms with E-state index in [0.717, 1.165) is 23.5 Å². The lowest BCUT2D eigenvalue weighted by molar-refractivity contribution is 0.0720. The van der Waals surface area contributed by atoms with Crippen LogP contribution in [-0.4, -0.2) is 46.7 Å². The maximum Gasteiger partial charge on any atom is 0.272 e. The molecular weight excluding hydrogens is 361 g/mol. The van der Waals surface area contributed by atoms with E-state index >= 15 is 0 Å². The molecular formula is C19H20FN7O. The molecule has 0 aromatic carbocycles. The second-order valence-electron chi connectivity index (χ2n) is 6.62. The molecule has 0 fully saturated rings. The average Bonchev–Trinajstić information content (AvgIpc) is 3.41. The Morgan fingerprint density at radius 1 is 1.32 bits per heavy atom. The number of aryl methyl sites for hydroxylation is 2. The number of imidazole rings is 1. The summed E-state index contributed by atoms with van der Waals surface area (Å²) in [6.45, 7) is 3.19. The Hall–Kier alpha value is -3.49. The van der Waals surface area contributed by atoms with Gasteiger partial charge in [0.1, 0.15) is 17.0 Å². The number of nitrogens with zero attached hydrogens (tertiary/aromatic N) is 6. The molecule has 0 saturated heterocycles. The zero-order valence-electron chi connectivity index (χ0n) is 15.6. The summed E-state index contributed by atoms with van der Waals surface area (Å²) in [6, 6.07) is 6.49. The number of rotatable bonds is 1. The van der Waals surface area contributed by atoms with Crippen LogP contribution in [0.2, 0.25) is 0 Å². The predicted molar refractivity (Wildman–Crippen MR) is 100 cm³/mol. The van der Waals surface area contributed by atoms with E-state index in [1.54, 1.807) is 42.6 Å². The number of aromatic nitrogens is 6. The van der Waals surface area contributed by atoms with Crippen LogP contribution in [0.25, 0.3) is 5.52 Å². The zero-order chi connectivity index (χ0) is 19.7. The fourth-order valence-electron chi connectivity index (χ4n) is 3.28. The van der Waals surface area contributed by atoms with E-state index in [9.17, 15) is 9.18 Å². The van der Waals surface area contributed by atoms with Crippen molar-refractivity contribution in [1.82, 2.24) is 34.3 Å². The number of hydrogen-bond donors (Lipinski definition) is 1. The van der Waals surface area contributed by atoms with E-state index in [0.29, 0.717) is 24.3 Å². The van der Waals surface area contributed by atoms with Crippen LogP contribution in [0.15, 0.2) is 43.0 Å². The van der Waals surface area contributed by atoms with Gasteiger partial charge in [-0.05, 0) is 31.2 Å². The van der Waals surface area contributed by atoms with Gasteiger partial charge in [-0.15, -0.1) is 0 Å². The maximum atomic E-state index is 12.8. The van der Waals surface area contributed by atoms with Crippen molar-refractivity contribution in [2.75, 3.05) is 6.54 Å². The van der Waals surface area contributed by atoms with E-state index in [1.165, 1.54) is 10.6 Å². The second-order valence-corrected chi connectivity index (χ2v) is 6.62. The Morgan fingerprint density at radius 2 is 2.18 bits per heavy atom. The Morgan fingerprint density at radius 3 is 2.93 bits per heavy atom. The number of nitrogens with one attached hydrogen (secondary N) is 1. The minimum Gasteiger partial charge on any atom is -0.347 e. The highest BCUT2D eigenvalue weighted by Crippen LogP contribution is 2.17. The largest absolute Gasteiger partial charge is 0.347 e. The summed E-state index contributed by atoms with van der Waals surface area (Å²) in [6.07, 6.45) is 5.77. The van der Waals surface area contributed by atoms with Crippen molar-refractivity contribution >= 4 is 11.4 Å². The highest BCUT2D eigenvalue weighted by Gasteiger charge is 2.25. The number of halogens is 1. The second kappa shape index (κ2) is 7.26. The molecule has 0 unspecified atom stereocenters. The fraction of sp³-hybridized carbons (Fsp3) is 0.263. The lowest BCUT2D eigenvalue weighted by Gasteiger charge is -2.26. The summed E-state index contributed by atoms with van der Waals surface area (Å²) < 4.78 is 15.9. The molecule has 144 valence electrons. The molecule has 1 N–H and O–H groups in total. The first-order valence-corrected chi connectivity index (χ1v) is 8.92. The molecule has 5 heterocycles. The summed E-state index contributed by atoms with van der Waals surface area (Å²) in [7, 11) is 1.80. The molecule has 0 atom stereocenters. The topological polar surface area (TPSA) is 84.1 Å². The first-order chi connectivity index (χ1) is 13.5. The van der Waals surface area contributed by atoms with Gasteiger partial charge >= 0.3 is 0 Å². The first kappa shape index (κ1) is 17.9. The zero-order valence-corrected chi connectivity index (χ0v) is 15.6. The molecule has 4 aromatic rings. The number of carbonyl (C=O) groups excluding carboxylic acids is 1. The SMILES string of the molecule is Cc1cc(C(=O)N2CCc3nc[nH]c3C2)n(C)n1.Fc1cccn2nccc12. The lowest BCUT2D eigenvalue weighted by Crippen LogP contribution is -2.37. The van der Waals surface area contributed by atoms with Crippen LogP contribution >= 0.6 is 0 Å². The van der Waals surface area contributed by atoms with E-state index in [2.05, 4.69) is 20.2 Å². The summed E-state index contributed by atoms with van der Waals surface area (Å²) in [5.41, 5.74) is 4.12. The number of carbonyl (C=O) groups is 1. The van der Waals surface area contributed by atoms with Crippen LogP contribution in [0, 0.1) is 12.7 Å². The van der Waals surface area contributed by atoms with Gasteiger partial charge in [0.15, 0.2) is 0 Å². The van der Waals surface area contributed by atoms with Gasteiger partial charge in [0.2, 0.25) is 0 Å². The van der Waals surface area contributed by atoms with Crippen molar-refractivity contribution in [1.29, 1.82) is 0 Å². The Kier molecular flexibility index (Phi) is 4.64. The fourth-order valence-corrected chi connectivity index (χ4v) is 3.28. The van der Waals surface area contributed by atoms with Crippen LogP contribution in [0.4, 0.5) is 4.39 Å². The lowest BCUT2D eigenvalue weighted by atomic mass is 10.1. The number of fused-ring (bicyclic) bond motifs is 2. The van der Waals surface area contributed by atoms with Gasteiger partial charge in [0.25, 0.3) is 5.91 Å². The Labute approximate surface area is 160 Å².